The van der Waals surface area contributed by atoms with Crippen LogP contribution in [0.3, 0.4) is 0 Å². The zero-order valence-electron chi connectivity index (χ0n) is 18.9. The number of thioether (sulfide) groups is 1. The number of hydrogen-bond acceptors (Lipinski definition) is 7. The largest absolute Gasteiger partial charge is 0.393 e. The molecule has 2 fully saturated rings. The maximum Gasteiger partial charge on any atom is 0.315 e. The first-order chi connectivity index (χ1) is 15.3. The molecule has 2 aliphatic heterocycles. The van der Waals surface area contributed by atoms with Crippen LogP contribution in [0.1, 0.15) is 84.0 Å². The Labute approximate surface area is 194 Å². The molecule has 32 heavy (non-hydrogen) atoms. The quantitative estimate of drug-likeness (QED) is 0.155. The molecule has 2 saturated heterocycles. The molecule has 9 heteroatoms. The minimum Gasteiger partial charge on any atom is -0.393 e. The van der Waals surface area contributed by atoms with Crippen LogP contribution in [0.25, 0.3) is 0 Å². The van der Waals surface area contributed by atoms with Crippen molar-refractivity contribution in [2.75, 3.05) is 5.75 Å². The summed E-state index contributed by atoms with van der Waals surface area (Å²) in [6.07, 6.45) is 10.1. The van der Waals surface area contributed by atoms with E-state index >= 15 is 0 Å². The molecule has 8 nitrogen and oxygen atoms in total. The first-order valence-electron chi connectivity index (χ1n) is 11.7. The zero-order valence-corrected chi connectivity index (χ0v) is 19.7. The van der Waals surface area contributed by atoms with Crippen LogP contribution in [0.2, 0.25) is 0 Å². The van der Waals surface area contributed by atoms with Gasteiger partial charge in [-0.1, -0.05) is 32.1 Å². The number of unbranched alkanes of at least 4 members (excludes halogenated alkanes) is 6. The van der Waals surface area contributed by atoms with E-state index < -0.39 is 11.9 Å². The molecule has 2 aliphatic rings. The van der Waals surface area contributed by atoms with Crippen LogP contribution in [0.15, 0.2) is 0 Å². The monoisotopic (exact) mass is 467 g/mol. The van der Waals surface area contributed by atoms with E-state index in [2.05, 4.69) is 15.4 Å². The van der Waals surface area contributed by atoms with Gasteiger partial charge in [0.1, 0.15) is 11.6 Å². The number of nitrogens with one attached hydrogen (secondary N) is 2. The van der Waals surface area contributed by atoms with Gasteiger partial charge in [-0.3, -0.25) is 19.2 Å². The van der Waals surface area contributed by atoms with E-state index in [0.717, 1.165) is 57.1 Å². The number of carbonyl (C=O) groups excluding carboxylic acids is 5. The Bertz CT molecular complexity index is 683. The fraction of sp³-hybridized carbons (Fsp3) is 0.739. The Morgan fingerprint density at radius 3 is 2.16 bits per heavy atom. The minimum atomic E-state index is -0.575. The number of hydrogen-bond donors (Lipinski definition) is 2. The number of esters is 2. The summed E-state index contributed by atoms with van der Waals surface area (Å²) in [6, 6.07) is 0.336. The zero-order chi connectivity index (χ0) is 23.3. The van der Waals surface area contributed by atoms with E-state index in [4.69, 9.17) is 0 Å². The van der Waals surface area contributed by atoms with E-state index in [-0.39, 0.29) is 36.1 Å². The smallest absolute Gasteiger partial charge is 0.315 e. The average molecular weight is 468 g/mol. The molecule has 0 spiro atoms. The van der Waals surface area contributed by atoms with Gasteiger partial charge in [0.05, 0.1) is 18.5 Å². The van der Waals surface area contributed by atoms with Crippen molar-refractivity contribution in [2.45, 2.75) is 101 Å². The van der Waals surface area contributed by atoms with Crippen molar-refractivity contribution in [2.24, 2.45) is 0 Å². The number of urea groups is 1. The van der Waals surface area contributed by atoms with Gasteiger partial charge in [0, 0.05) is 37.2 Å². The summed E-state index contributed by atoms with van der Waals surface area (Å²) in [4.78, 5) is 57.2. The van der Waals surface area contributed by atoms with Gasteiger partial charge < -0.3 is 15.4 Å². The van der Waals surface area contributed by atoms with Crippen molar-refractivity contribution >= 4 is 41.3 Å². The van der Waals surface area contributed by atoms with Crippen LogP contribution in [-0.4, -0.2) is 52.6 Å². The summed E-state index contributed by atoms with van der Waals surface area (Å²) in [5.41, 5.74) is 0. The molecule has 3 unspecified atom stereocenters. The lowest BCUT2D eigenvalue weighted by Gasteiger charge is -2.16. The van der Waals surface area contributed by atoms with Gasteiger partial charge in [0.25, 0.3) is 0 Å². The Kier molecular flexibility index (Phi) is 11.8. The molecule has 179 valence electrons. The number of ether oxygens (including phenoxy) is 1. The van der Waals surface area contributed by atoms with Crippen LogP contribution >= 0.6 is 11.8 Å². The highest BCUT2D eigenvalue weighted by atomic mass is 32.2. The molecule has 0 aliphatic carbocycles. The third kappa shape index (κ3) is 10.1. The molecule has 0 aromatic rings. The number of Topliss-reactive ketones (excluding diaryl/α,β-unsaturated/α-hetero) is 2. The maximum absolute atomic E-state index is 12.0. The van der Waals surface area contributed by atoms with Crippen molar-refractivity contribution in [1.82, 2.24) is 10.6 Å². The van der Waals surface area contributed by atoms with Crippen LogP contribution in [0.4, 0.5) is 4.79 Å². The van der Waals surface area contributed by atoms with Crippen LogP contribution in [0.5, 0.6) is 0 Å². The first-order valence-corrected chi connectivity index (χ1v) is 12.7. The molecule has 0 aromatic carbocycles. The Morgan fingerprint density at radius 1 is 0.906 bits per heavy atom. The summed E-state index contributed by atoms with van der Waals surface area (Å²) < 4.78 is 4.46. The van der Waals surface area contributed by atoms with Gasteiger partial charge in [-0.15, -0.1) is 0 Å². The van der Waals surface area contributed by atoms with E-state index in [9.17, 15) is 24.0 Å². The van der Waals surface area contributed by atoms with E-state index in [1.54, 1.807) is 0 Å². The molecule has 1 radical (unpaired) electrons. The Balaban J connectivity index is 1.40. The van der Waals surface area contributed by atoms with Crippen molar-refractivity contribution in [3.8, 4) is 0 Å². The fourth-order valence-electron chi connectivity index (χ4n) is 4.10. The number of carbonyl (C=O) groups is 5. The first kappa shape index (κ1) is 26.4. The van der Waals surface area contributed by atoms with Crippen LogP contribution in [0, 0.1) is 6.42 Å². The molecule has 3 atom stereocenters. The van der Waals surface area contributed by atoms with Crippen LogP contribution in [-0.2, 0) is 23.9 Å². The van der Waals surface area contributed by atoms with Gasteiger partial charge in [-0.05, 0) is 25.7 Å². The minimum absolute atomic E-state index is 0.0821. The van der Waals surface area contributed by atoms with Gasteiger partial charge in [0.15, 0.2) is 0 Å². The van der Waals surface area contributed by atoms with Crippen molar-refractivity contribution in [3.63, 3.8) is 0 Å². The third-order valence-corrected chi connectivity index (χ3v) is 7.24. The molecular formula is C23H35N2O6S. The number of ketones is 2. The topological polar surface area (TPSA) is 119 Å². The molecule has 0 aromatic heterocycles. The second-order valence-electron chi connectivity index (χ2n) is 8.53. The number of rotatable bonds is 16. The summed E-state index contributed by atoms with van der Waals surface area (Å²) in [5.74, 6) is -0.315. The van der Waals surface area contributed by atoms with Gasteiger partial charge in [-0.2, -0.15) is 11.8 Å². The van der Waals surface area contributed by atoms with Gasteiger partial charge in [-0.25, -0.2) is 4.79 Å². The molecule has 2 N–H and O–H groups in total. The summed E-state index contributed by atoms with van der Waals surface area (Å²) >= 11 is 1.87. The summed E-state index contributed by atoms with van der Waals surface area (Å²) in [7, 11) is 0. The van der Waals surface area contributed by atoms with Crippen molar-refractivity contribution in [3.05, 3.63) is 6.42 Å². The lowest BCUT2D eigenvalue weighted by Crippen LogP contribution is -2.36. The summed E-state index contributed by atoms with van der Waals surface area (Å²) in [5, 5.41) is 6.29. The third-order valence-electron chi connectivity index (χ3n) is 5.73. The van der Waals surface area contributed by atoms with Crippen molar-refractivity contribution in [1.29, 1.82) is 0 Å². The van der Waals surface area contributed by atoms with E-state index in [1.807, 2.05) is 11.8 Å². The summed E-state index contributed by atoms with van der Waals surface area (Å²) in [6.45, 7) is 1.21. The molecular weight excluding hydrogens is 432 g/mol. The maximum atomic E-state index is 12.0. The predicted octanol–water partition coefficient (Wildman–Crippen LogP) is 3.27. The van der Waals surface area contributed by atoms with Crippen LogP contribution < -0.4 is 10.6 Å². The normalized spacial score (nSPS) is 21.5. The lowest BCUT2D eigenvalue weighted by molar-refractivity contribution is -0.158. The second-order valence-corrected chi connectivity index (χ2v) is 9.80. The molecule has 2 amide bonds. The number of amides is 2. The van der Waals surface area contributed by atoms with Gasteiger partial charge >= 0.3 is 18.0 Å². The molecule has 0 saturated carbocycles. The highest BCUT2D eigenvalue weighted by Gasteiger charge is 2.42. The van der Waals surface area contributed by atoms with E-state index in [1.165, 1.54) is 13.3 Å². The average Bonchev–Trinajstić information content (AvgIpc) is 3.26. The van der Waals surface area contributed by atoms with Gasteiger partial charge in [0.2, 0.25) is 0 Å². The SMILES string of the molecule is CC(=O)OC(=O)CCCCCCCCC(=O)[CH]C(=O)CCCCC1SCC2NC(=O)NC21. The highest BCUT2D eigenvalue weighted by molar-refractivity contribution is 8.00. The second kappa shape index (κ2) is 14.3. The fourth-order valence-corrected chi connectivity index (χ4v) is 5.64. The molecule has 2 heterocycles. The van der Waals surface area contributed by atoms with E-state index in [0.29, 0.717) is 24.5 Å². The lowest BCUT2D eigenvalue weighted by atomic mass is 10.0. The van der Waals surface area contributed by atoms with Crippen molar-refractivity contribution < 1.29 is 28.7 Å². The Morgan fingerprint density at radius 2 is 1.50 bits per heavy atom. The highest BCUT2D eigenvalue weighted by Crippen LogP contribution is 2.33. The Hall–Kier alpha value is -1.90. The predicted molar refractivity (Wildman–Crippen MR) is 122 cm³/mol. The molecule has 2 rings (SSSR count). The molecule has 0 bridgehead atoms. The number of fused-ring (bicyclic) bond motifs is 1. The standard InChI is InChI=1S/C23H35N2O6S/c1-16(26)31-21(29)13-7-5-3-2-4-6-10-17(27)14-18(28)11-8-9-12-20-22-19(15-32-20)24-23(30)25-22/h14,19-20,22H,2-13,15H2,1H3,(H2,24,25,30).